The van der Waals surface area contributed by atoms with E-state index in [1.54, 1.807) is 0 Å². The Hall–Kier alpha value is 4.76. The molecule has 0 saturated carbocycles. The standard InChI is InChI=1S/Ba.3HI.Na/h;3*1H;/q+2;;;;+1/p-3. The van der Waals surface area contributed by atoms with Crippen LogP contribution in [0.2, 0.25) is 0 Å². The molecule has 0 aromatic carbocycles. The molecule has 0 radical (unpaired) electrons. The van der Waals surface area contributed by atoms with E-state index in [2.05, 4.69) is 0 Å². The fourth-order valence-electron chi connectivity index (χ4n) is 0. The van der Waals surface area contributed by atoms with Crippen LogP contribution in [-0.4, -0.2) is 48.9 Å². The molecular weight excluding hydrogens is 541 g/mol. The van der Waals surface area contributed by atoms with Gasteiger partial charge in [-0.05, 0) is 0 Å². The Morgan fingerprint density at radius 2 is 0.600 bits per heavy atom. The maximum Gasteiger partial charge on any atom is 2.00 e. The Morgan fingerprint density at radius 3 is 0.600 bits per heavy atom. The molecule has 24 valence electrons. The number of hydrogen-bond donors (Lipinski definition) is 0. The summed E-state index contributed by atoms with van der Waals surface area (Å²) in [5.41, 5.74) is 0. The van der Waals surface area contributed by atoms with Crippen LogP contribution in [0.25, 0.3) is 0 Å². The molecule has 0 heterocycles. The molecule has 0 nitrogen and oxygen atoms in total. The van der Waals surface area contributed by atoms with E-state index in [-0.39, 0.29) is 150 Å². The molecule has 0 aliphatic rings. The number of halogens is 3. The van der Waals surface area contributed by atoms with E-state index in [1.165, 1.54) is 0 Å². The predicted octanol–water partition coefficient (Wildman–Crippen LogP) is -12.4. The van der Waals surface area contributed by atoms with Crippen molar-refractivity contribution in [3.8, 4) is 0 Å². The van der Waals surface area contributed by atoms with E-state index >= 15 is 0 Å². The van der Waals surface area contributed by atoms with Gasteiger partial charge >= 0.3 is 78.4 Å². The summed E-state index contributed by atoms with van der Waals surface area (Å²) in [6.07, 6.45) is 0. The largest absolute Gasteiger partial charge is 2.00 e. The second-order valence-electron chi connectivity index (χ2n) is 0. The third-order valence-corrected chi connectivity index (χ3v) is 0. The van der Waals surface area contributed by atoms with Gasteiger partial charge < -0.3 is 71.9 Å². The Morgan fingerprint density at radius 1 is 0.600 bits per heavy atom. The van der Waals surface area contributed by atoms with Gasteiger partial charge in [-0.3, -0.25) is 0 Å². The summed E-state index contributed by atoms with van der Waals surface area (Å²) in [7, 11) is 0. The molecule has 0 aliphatic heterocycles. The first-order valence-electron chi connectivity index (χ1n) is 0. The van der Waals surface area contributed by atoms with Crippen molar-refractivity contribution in [2.45, 2.75) is 0 Å². The fraction of sp³-hybridized carbons (Fsp3) is 0. The molecule has 0 bridgehead atoms. The molecule has 0 aromatic heterocycles. The third kappa shape index (κ3) is 17.7. The van der Waals surface area contributed by atoms with Gasteiger partial charge in [0.15, 0.2) is 0 Å². The van der Waals surface area contributed by atoms with Crippen LogP contribution < -0.4 is 101 Å². The zero-order chi connectivity index (χ0) is 0. The van der Waals surface area contributed by atoms with Gasteiger partial charge in [0.25, 0.3) is 0 Å². The van der Waals surface area contributed by atoms with Crippen molar-refractivity contribution in [1.29, 1.82) is 0 Å². The molecular formula is BaI3Na. The van der Waals surface area contributed by atoms with Crippen LogP contribution in [0.1, 0.15) is 0 Å². The van der Waals surface area contributed by atoms with Gasteiger partial charge in [-0.2, -0.15) is 0 Å². The van der Waals surface area contributed by atoms with E-state index < -0.39 is 0 Å². The topological polar surface area (TPSA) is 0 Å². The van der Waals surface area contributed by atoms with Gasteiger partial charge in [0, 0.05) is 0 Å². The summed E-state index contributed by atoms with van der Waals surface area (Å²) >= 11 is 0. The summed E-state index contributed by atoms with van der Waals surface area (Å²) in [4.78, 5) is 0. The average molecular weight is 541 g/mol. The first kappa shape index (κ1) is 33.1. The average Bonchev–Trinajstić information content (AvgIpc) is 0. The van der Waals surface area contributed by atoms with Crippen LogP contribution in [0.5, 0.6) is 0 Å². The smallest absolute Gasteiger partial charge is 1.00 e. The van der Waals surface area contributed by atoms with E-state index in [0.29, 0.717) is 0 Å². The molecule has 0 N–H and O–H groups in total. The van der Waals surface area contributed by atoms with Crippen molar-refractivity contribution in [1.82, 2.24) is 0 Å². The van der Waals surface area contributed by atoms with Crippen LogP contribution in [-0.2, 0) is 0 Å². The molecule has 0 amide bonds. The summed E-state index contributed by atoms with van der Waals surface area (Å²) < 4.78 is 0. The minimum atomic E-state index is 0. The van der Waals surface area contributed by atoms with E-state index in [4.69, 9.17) is 0 Å². The van der Waals surface area contributed by atoms with Crippen LogP contribution in [0, 0.1) is 0 Å². The van der Waals surface area contributed by atoms with Gasteiger partial charge in [0.1, 0.15) is 0 Å². The maximum atomic E-state index is 0. The molecule has 5 heavy (non-hydrogen) atoms. The maximum absolute atomic E-state index is 0. The zero-order valence-electron chi connectivity index (χ0n) is 2.84. The molecule has 0 saturated heterocycles. The van der Waals surface area contributed by atoms with Gasteiger partial charge in [-0.25, -0.2) is 0 Å². The molecule has 0 rings (SSSR count). The Labute approximate surface area is 146 Å². The normalized spacial score (nSPS) is 0. The molecule has 0 spiro atoms. The number of rotatable bonds is 0. The third-order valence-electron chi connectivity index (χ3n) is 0. The monoisotopic (exact) mass is 542 g/mol. The van der Waals surface area contributed by atoms with Crippen molar-refractivity contribution in [3.05, 3.63) is 0 Å². The molecule has 0 fully saturated rings. The minimum absolute atomic E-state index is 0. The molecule has 5 heteroatoms. The second kappa shape index (κ2) is 23.3. The first-order chi connectivity index (χ1) is 0. The van der Waals surface area contributed by atoms with Crippen molar-refractivity contribution in [2.24, 2.45) is 0 Å². The van der Waals surface area contributed by atoms with E-state index in [0.717, 1.165) is 0 Å². The summed E-state index contributed by atoms with van der Waals surface area (Å²) in [6.45, 7) is 0. The minimum Gasteiger partial charge on any atom is -1.00 e. The van der Waals surface area contributed by atoms with Crippen LogP contribution in [0.4, 0.5) is 0 Å². The van der Waals surface area contributed by atoms with Crippen LogP contribution in [0.3, 0.4) is 0 Å². The van der Waals surface area contributed by atoms with Crippen molar-refractivity contribution < 1.29 is 101 Å². The Balaban J connectivity index is 0. The molecule has 0 aliphatic carbocycles. The Kier molecular flexibility index (Phi) is 154. The van der Waals surface area contributed by atoms with Gasteiger partial charge in [-0.1, -0.05) is 0 Å². The van der Waals surface area contributed by atoms with Crippen LogP contribution >= 0.6 is 0 Å². The molecule has 0 aromatic rings. The summed E-state index contributed by atoms with van der Waals surface area (Å²) in [5, 5.41) is 0. The summed E-state index contributed by atoms with van der Waals surface area (Å²) in [5.74, 6) is 0. The van der Waals surface area contributed by atoms with E-state index in [9.17, 15) is 0 Å². The predicted molar refractivity (Wildman–Crippen MR) is 5.75 cm³/mol. The molecule has 0 unspecified atom stereocenters. The zero-order valence-corrected chi connectivity index (χ0v) is 15.8. The molecule has 0 atom stereocenters. The van der Waals surface area contributed by atoms with Gasteiger partial charge in [-0.15, -0.1) is 0 Å². The van der Waals surface area contributed by atoms with Gasteiger partial charge in [0.2, 0.25) is 0 Å². The van der Waals surface area contributed by atoms with Gasteiger partial charge in [0.05, 0.1) is 0 Å². The Bertz CT molecular complexity index is 6.85. The first-order valence-corrected chi connectivity index (χ1v) is 0. The number of hydrogen-bond acceptors (Lipinski definition) is 0. The fourth-order valence-corrected chi connectivity index (χ4v) is 0. The van der Waals surface area contributed by atoms with Crippen molar-refractivity contribution in [3.63, 3.8) is 0 Å². The van der Waals surface area contributed by atoms with Crippen molar-refractivity contribution in [2.75, 3.05) is 0 Å². The van der Waals surface area contributed by atoms with Crippen LogP contribution in [0.15, 0.2) is 0 Å². The van der Waals surface area contributed by atoms with E-state index in [1.807, 2.05) is 0 Å². The SMILES string of the molecule is [Ba+2].[I-].[I-].[I-].[Na+]. The quantitative estimate of drug-likeness (QED) is 0.212. The van der Waals surface area contributed by atoms with Crippen molar-refractivity contribution >= 4 is 48.9 Å². The summed E-state index contributed by atoms with van der Waals surface area (Å²) in [6, 6.07) is 0. The second-order valence-corrected chi connectivity index (χ2v) is 0.